The molecule has 1 aromatic carbocycles. The van der Waals surface area contributed by atoms with Crippen LogP contribution in [0.4, 0.5) is 17.6 Å². The van der Waals surface area contributed by atoms with Crippen molar-refractivity contribution in [2.45, 2.75) is 38.0 Å². The number of nitrogens with zero attached hydrogens (tertiary/aromatic N) is 2. The smallest absolute Gasteiger partial charge is 0.352 e. The fourth-order valence-electron chi connectivity index (χ4n) is 2.85. The molecule has 9 heteroatoms. The molecule has 0 bridgehead atoms. The van der Waals surface area contributed by atoms with Gasteiger partial charge in [0.15, 0.2) is 0 Å². The van der Waals surface area contributed by atoms with Gasteiger partial charge >= 0.3 is 6.18 Å². The van der Waals surface area contributed by atoms with Crippen LogP contribution in [-0.4, -0.2) is 41.5 Å². The molecule has 1 heterocycles. The van der Waals surface area contributed by atoms with Gasteiger partial charge in [0, 0.05) is 25.1 Å². The zero-order valence-electron chi connectivity index (χ0n) is 13.2. The lowest BCUT2D eigenvalue weighted by atomic mass is 9.96. The monoisotopic (exact) mass is 357 g/mol. The van der Waals surface area contributed by atoms with E-state index in [1.807, 2.05) is 0 Å². The number of nitrogens with one attached hydrogen (secondary N) is 1. The van der Waals surface area contributed by atoms with Crippen molar-refractivity contribution in [2.24, 2.45) is 0 Å². The Hall–Kier alpha value is -2.63. The fraction of sp³-hybridized carbons (Fsp3) is 0.438. The van der Waals surface area contributed by atoms with Crippen LogP contribution >= 0.6 is 0 Å². The van der Waals surface area contributed by atoms with Crippen LogP contribution < -0.4 is 5.32 Å². The van der Waals surface area contributed by atoms with Crippen LogP contribution in [0.5, 0.6) is 0 Å². The summed E-state index contributed by atoms with van der Waals surface area (Å²) in [6.45, 7) is 0.920. The van der Waals surface area contributed by atoms with Crippen molar-refractivity contribution in [3.8, 4) is 6.07 Å². The predicted octanol–water partition coefficient (Wildman–Crippen LogP) is 2.37. The average molecular weight is 357 g/mol. The maximum atomic E-state index is 13.4. The topological polar surface area (TPSA) is 73.2 Å². The van der Waals surface area contributed by atoms with Gasteiger partial charge < -0.3 is 10.2 Å². The molecule has 2 atom stereocenters. The van der Waals surface area contributed by atoms with Crippen molar-refractivity contribution < 1.29 is 27.2 Å². The van der Waals surface area contributed by atoms with Crippen LogP contribution in [-0.2, 0) is 4.79 Å². The summed E-state index contributed by atoms with van der Waals surface area (Å²) in [6, 6.07) is 1.77. The minimum atomic E-state index is -4.63. The Bertz CT molecular complexity index is 727. The molecule has 1 aliphatic heterocycles. The molecule has 0 aromatic heterocycles. The Kier molecular flexibility index (Phi) is 5.30. The highest BCUT2D eigenvalue weighted by Crippen LogP contribution is 2.33. The number of benzene rings is 1. The quantitative estimate of drug-likeness (QED) is 0.826. The molecule has 5 nitrogen and oxygen atoms in total. The second kappa shape index (κ2) is 7.09. The Morgan fingerprint density at radius 2 is 2.00 bits per heavy atom. The summed E-state index contributed by atoms with van der Waals surface area (Å²) in [5.74, 6) is -2.23. The Balaban J connectivity index is 2.33. The Morgan fingerprint density at radius 1 is 1.32 bits per heavy atom. The largest absolute Gasteiger partial charge is 0.408 e. The van der Waals surface area contributed by atoms with Crippen molar-refractivity contribution in [3.63, 3.8) is 0 Å². The van der Waals surface area contributed by atoms with Gasteiger partial charge in [-0.05, 0) is 31.0 Å². The number of rotatable bonds is 2. The number of likely N-dealkylation sites (tertiary alicyclic amines) is 1. The Morgan fingerprint density at radius 3 is 2.56 bits per heavy atom. The second-order valence-electron chi connectivity index (χ2n) is 5.80. The summed E-state index contributed by atoms with van der Waals surface area (Å²) in [5.41, 5.74) is -0.638. The van der Waals surface area contributed by atoms with Crippen LogP contribution in [0.15, 0.2) is 18.2 Å². The number of hydrogen-bond donors (Lipinski definition) is 1. The Labute approximate surface area is 141 Å². The lowest BCUT2D eigenvalue weighted by Crippen LogP contribution is -2.58. The van der Waals surface area contributed by atoms with Gasteiger partial charge in [0.25, 0.3) is 5.91 Å². The molecule has 1 N–H and O–H groups in total. The van der Waals surface area contributed by atoms with Gasteiger partial charge in [-0.25, -0.2) is 4.39 Å². The summed E-state index contributed by atoms with van der Waals surface area (Å²) in [4.78, 5) is 24.3. The van der Waals surface area contributed by atoms with E-state index in [2.05, 4.69) is 5.32 Å². The normalized spacial score (nSPS) is 20.7. The molecule has 1 fully saturated rings. The molecule has 25 heavy (non-hydrogen) atoms. The lowest BCUT2D eigenvalue weighted by molar-refractivity contribution is -0.184. The number of piperidine rings is 1. The van der Waals surface area contributed by atoms with Crippen LogP contribution in [0.25, 0.3) is 0 Å². The summed E-state index contributed by atoms with van der Waals surface area (Å²) in [6.07, 6.45) is -4.90. The fourth-order valence-corrected chi connectivity index (χ4v) is 2.85. The first-order valence-corrected chi connectivity index (χ1v) is 7.48. The molecule has 0 radical (unpaired) electrons. The SMILES string of the molecule is CC(=O)N[C@@H]1CC[C@H](C(F)(F)F)N(C(=O)c2ccc(F)c(C#N)c2)C1. The van der Waals surface area contributed by atoms with Gasteiger partial charge in [0.05, 0.1) is 5.56 Å². The first-order chi connectivity index (χ1) is 11.6. The molecule has 0 unspecified atom stereocenters. The zero-order chi connectivity index (χ0) is 18.8. The van der Waals surface area contributed by atoms with Crippen molar-refractivity contribution in [3.05, 3.63) is 35.1 Å². The van der Waals surface area contributed by atoms with E-state index in [9.17, 15) is 27.2 Å². The lowest BCUT2D eigenvalue weighted by Gasteiger charge is -2.40. The van der Waals surface area contributed by atoms with Crippen molar-refractivity contribution >= 4 is 11.8 Å². The number of nitriles is 1. The summed E-state index contributed by atoms with van der Waals surface area (Å²) in [7, 11) is 0. The number of alkyl halides is 3. The summed E-state index contributed by atoms with van der Waals surface area (Å²) < 4.78 is 53.2. The van der Waals surface area contributed by atoms with E-state index in [1.54, 1.807) is 6.07 Å². The second-order valence-corrected chi connectivity index (χ2v) is 5.80. The molecule has 0 aliphatic carbocycles. The third-order valence-corrected chi connectivity index (χ3v) is 3.96. The number of amides is 2. The molecule has 134 valence electrons. The van der Waals surface area contributed by atoms with E-state index in [0.29, 0.717) is 4.90 Å². The van der Waals surface area contributed by atoms with E-state index < -0.39 is 41.5 Å². The third kappa shape index (κ3) is 4.26. The molecule has 1 saturated heterocycles. The van der Waals surface area contributed by atoms with Crippen LogP contribution in [0.3, 0.4) is 0 Å². The van der Waals surface area contributed by atoms with Gasteiger partial charge in [0.1, 0.15) is 17.9 Å². The maximum Gasteiger partial charge on any atom is 0.408 e. The minimum absolute atomic E-state index is 0.0837. The van der Waals surface area contributed by atoms with Gasteiger partial charge in [-0.2, -0.15) is 18.4 Å². The molecular weight excluding hydrogens is 342 g/mol. The standard InChI is InChI=1S/C16H15F4N3O2/c1-9(24)22-12-3-5-14(16(18,19)20)23(8-12)15(25)10-2-4-13(17)11(6-10)7-21/h2,4,6,12,14H,3,5,8H2,1H3,(H,22,24)/t12-,14-/m1/s1. The molecule has 0 spiro atoms. The number of halogens is 4. The highest BCUT2D eigenvalue weighted by Gasteiger charge is 2.48. The van der Waals surface area contributed by atoms with Crippen LogP contribution in [0, 0.1) is 17.1 Å². The van der Waals surface area contributed by atoms with Crippen LogP contribution in [0.2, 0.25) is 0 Å². The van der Waals surface area contributed by atoms with E-state index in [4.69, 9.17) is 5.26 Å². The van der Waals surface area contributed by atoms with Gasteiger partial charge in [-0.1, -0.05) is 0 Å². The van der Waals surface area contributed by atoms with Crippen molar-refractivity contribution in [2.75, 3.05) is 6.54 Å². The molecule has 1 aliphatic rings. The third-order valence-electron chi connectivity index (χ3n) is 3.96. The molecule has 0 saturated carbocycles. The van der Waals surface area contributed by atoms with Crippen molar-refractivity contribution in [1.29, 1.82) is 5.26 Å². The van der Waals surface area contributed by atoms with E-state index in [0.717, 1.165) is 18.2 Å². The highest BCUT2D eigenvalue weighted by atomic mass is 19.4. The summed E-state index contributed by atoms with van der Waals surface area (Å²) >= 11 is 0. The van der Waals surface area contributed by atoms with Gasteiger partial charge in [-0.3, -0.25) is 9.59 Å². The molecular formula is C16H15F4N3O2. The first-order valence-electron chi connectivity index (χ1n) is 7.48. The predicted molar refractivity (Wildman–Crippen MR) is 78.8 cm³/mol. The van der Waals surface area contributed by atoms with E-state index in [1.165, 1.54) is 6.92 Å². The van der Waals surface area contributed by atoms with Gasteiger partial charge in [-0.15, -0.1) is 0 Å². The highest BCUT2D eigenvalue weighted by molar-refractivity contribution is 5.95. The number of carbonyl (C=O) groups excluding carboxylic acids is 2. The maximum absolute atomic E-state index is 13.4. The average Bonchev–Trinajstić information content (AvgIpc) is 2.53. The zero-order valence-corrected chi connectivity index (χ0v) is 13.2. The molecule has 2 rings (SSSR count). The minimum Gasteiger partial charge on any atom is -0.352 e. The van der Waals surface area contributed by atoms with Crippen LogP contribution in [0.1, 0.15) is 35.7 Å². The number of carbonyl (C=O) groups is 2. The summed E-state index contributed by atoms with van der Waals surface area (Å²) in [5, 5.41) is 11.3. The van der Waals surface area contributed by atoms with E-state index >= 15 is 0 Å². The molecule has 1 aromatic rings. The molecule has 2 amide bonds. The number of hydrogen-bond acceptors (Lipinski definition) is 3. The van der Waals surface area contributed by atoms with Crippen molar-refractivity contribution in [1.82, 2.24) is 10.2 Å². The van der Waals surface area contributed by atoms with E-state index in [-0.39, 0.29) is 24.9 Å². The van der Waals surface area contributed by atoms with Gasteiger partial charge in [0.2, 0.25) is 5.91 Å². The first kappa shape index (κ1) is 18.7.